The Hall–Kier alpha value is -1.14. The van der Waals surface area contributed by atoms with Gasteiger partial charge < -0.3 is 16.2 Å². The zero-order valence-electron chi connectivity index (χ0n) is 10.5. The van der Waals surface area contributed by atoms with Gasteiger partial charge in [0.1, 0.15) is 6.04 Å². The lowest BCUT2D eigenvalue weighted by Crippen LogP contribution is -2.21. The standard InChI is InChI=1S/C13H17N3O2S/c14-10(12(17)18)7-4-19-13(15-7)16-11-8-5-1-2-6(3-5)9(8)11/h4-6,8-11H,1-3,14H2,(H,15,16)(H,17,18). The van der Waals surface area contributed by atoms with Crippen LogP contribution in [0.5, 0.6) is 0 Å². The van der Waals surface area contributed by atoms with Gasteiger partial charge in [0, 0.05) is 11.4 Å². The van der Waals surface area contributed by atoms with Crippen LogP contribution < -0.4 is 11.1 Å². The average molecular weight is 279 g/mol. The van der Waals surface area contributed by atoms with Crippen molar-refractivity contribution in [3.05, 3.63) is 11.1 Å². The number of hydrogen-bond acceptors (Lipinski definition) is 5. The number of thiazole rings is 1. The van der Waals surface area contributed by atoms with Gasteiger partial charge in [0.25, 0.3) is 0 Å². The van der Waals surface area contributed by atoms with Crippen molar-refractivity contribution in [1.29, 1.82) is 0 Å². The summed E-state index contributed by atoms with van der Waals surface area (Å²) in [4.78, 5) is 15.1. The molecule has 0 spiro atoms. The number of carboxylic acids is 1. The maximum absolute atomic E-state index is 10.8. The van der Waals surface area contributed by atoms with Gasteiger partial charge in [-0.15, -0.1) is 11.3 Å². The summed E-state index contributed by atoms with van der Waals surface area (Å²) in [5.74, 6) is 2.51. The number of nitrogens with one attached hydrogen (secondary N) is 1. The molecule has 1 aromatic rings. The third-order valence-corrected chi connectivity index (χ3v) is 5.92. The Labute approximate surface area is 115 Å². The van der Waals surface area contributed by atoms with Gasteiger partial charge in [-0.3, -0.25) is 4.79 Å². The van der Waals surface area contributed by atoms with Crippen molar-refractivity contribution < 1.29 is 9.90 Å². The normalized spacial score (nSPS) is 39.9. The van der Waals surface area contributed by atoms with Gasteiger partial charge in [0.2, 0.25) is 0 Å². The van der Waals surface area contributed by atoms with Gasteiger partial charge in [0.15, 0.2) is 5.13 Å². The first-order chi connectivity index (χ1) is 9.15. The third kappa shape index (κ3) is 1.70. The molecule has 0 aliphatic heterocycles. The minimum Gasteiger partial charge on any atom is -0.480 e. The largest absolute Gasteiger partial charge is 0.480 e. The topological polar surface area (TPSA) is 88.2 Å². The molecule has 2 bridgehead atoms. The summed E-state index contributed by atoms with van der Waals surface area (Å²) in [5.41, 5.74) is 6.01. The van der Waals surface area contributed by atoms with E-state index >= 15 is 0 Å². The van der Waals surface area contributed by atoms with Crippen LogP contribution in [0.1, 0.15) is 31.0 Å². The van der Waals surface area contributed by atoms with E-state index in [2.05, 4.69) is 10.3 Å². The van der Waals surface area contributed by atoms with Gasteiger partial charge in [-0.1, -0.05) is 0 Å². The molecule has 3 saturated carbocycles. The maximum Gasteiger partial charge on any atom is 0.326 e. The summed E-state index contributed by atoms with van der Waals surface area (Å²) in [6.07, 6.45) is 4.23. The first-order valence-corrected chi connectivity index (χ1v) is 7.73. The molecule has 1 heterocycles. The maximum atomic E-state index is 10.8. The Bertz CT molecular complexity index is 516. The van der Waals surface area contributed by atoms with E-state index in [1.54, 1.807) is 5.38 Å². The molecule has 0 radical (unpaired) electrons. The fourth-order valence-corrected chi connectivity index (χ4v) is 5.08. The minimum atomic E-state index is -1.03. The van der Waals surface area contributed by atoms with Crippen molar-refractivity contribution in [3.63, 3.8) is 0 Å². The van der Waals surface area contributed by atoms with Crippen LogP contribution in [0.25, 0.3) is 0 Å². The fourth-order valence-electron chi connectivity index (χ4n) is 4.28. The number of anilines is 1. The van der Waals surface area contributed by atoms with Gasteiger partial charge >= 0.3 is 5.97 Å². The molecule has 0 amide bonds. The van der Waals surface area contributed by atoms with Crippen molar-refractivity contribution in [2.45, 2.75) is 31.3 Å². The minimum absolute atomic E-state index is 0.453. The van der Waals surface area contributed by atoms with E-state index in [-0.39, 0.29) is 0 Å². The van der Waals surface area contributed by atoms with Crippen LogP contribution >= 0.6 is 11.3 Å². The predicted octanol–water partition coefficient (Wildman–Crippen LogP) is 1.68. The van der Waals surface area contributed by atoms with Gasteiger partial charge in [-0.25, -0.2) is 4.98 Å². The van der Waals surface area contributed by atoms with Crippen LogP contribution in [-0.4, -0.2) is 22.1 Å². The lowest BCUT2D eigenvalue weighted by Gasteiger charge is -2.09. The zero-order valence-corrected chi connectivity index (χ0v) is 11.3. The van der Waals surface area contributed by atoms with Gasteiger partial charge in [0.05, 0.1) is 5.69 Å². The highest BCUT2D eigenvalue weighted by Gasteiger charge is 2.65. The summed E-state index contributed by atoms with van der Waals surface area (Å²) in [5, 5.41) is 14.9. The molecule has 5 nitrogen and oxygen atoms in total. The lowest BCUT2D eigenvalue weighted by molar-refractivity contribution is -0.138. The summed E-state index contributed by atoms with van der Waals surface area (Å²) >= 11 is 1.46. The lowest BCUT2D eigenvalue weighted by atomic mass is 10.0. The molecular weight excluding hydrogens is 262 g/mol. The Kier molecular flexibility index (Phi) is 2.41. The zero-order chi connectivity index (χ0) is 13.1. The van der Waals surface area contributed by atoms with Crippen LogP contribution in [0, 0.1) is 23.7 Å². The molecule has 19 heavy (non-hydrogen) atoms. The molecule has 4 N–H and O–H groups in total. The molecule has 102 valence electrons. The van der Waals surface area contributed by atoms with Crippen molar-refractivity contribution in [3.8, 4) is 0 Å². The Morgan fingerprint density at radius 1 is 1.47 bits per heavy atom. The number of aromatic nitrogens is 1. The van der Waals surface area contributed by atoms with Crippen LogP contribution in [0.3, 0.4) is 0 Å². The summed E-state index contributed by atoms with van der Waals surface area (Å²) < 4.78 is 0. The van der Waals surface area contributed by atoms with E-state index in [1.807, 2.05) is 0 Å². The molecule has 3 aliphatic rings. The second kappa shape index (κ2) is 3.93. The van der Waals surface area contributed by atoms with E-state index in [0.29, 0.717) is 11.7 Å². The number of carbonyl (C=O) groups is 1. The quantitative estimate of drug-likeness (QED) is 0.780. The number of aliphatic carboxylic acids is 1. The highest BCUT2D eigenvalue weighted by atomic mass is 32.1. The molecule has 3 aliphatic carbocycles. The predicted molar refractivity (Wildman–Crippen MR) is 71.9 cm³/mol. The van der Waals surface area contributed by atoms with Gasteiger partial charge in [-0.2, -0.15) is 0 Å². The van der Waals surface area contributed by atoms with Gasteiger partial charge in [-0.05, 0) is 42.9 Å². The number of nitrogens with zero attached hydrogens (tertiary/aromatic N) is 1. The number of nitrogens with two attached hydrogens (primary N) is 1. The summed E-state index contributed by atoms with van der Waals surface area (Å²) in [7, 11) is 0. The van der Waals surface area contributed by atoms with E-state index in [0.717, 1.165) is 28.8 Å². The molecule has 3 fully saturated rings. The van der Waals surface area contributed by atoms with Crippen LogP contribution in [0.2, 0.25) is 0 Å². The van der Waals surface area contributed by atoms with E-state index in [1.165, 1.54) is 30.6 Å². The molecule has 5 atom stereocenters. The van der Waals surface area contributed by atoms with Crippen molar-refractivity contribution in [2.24, 2.45) is 29.4 Å². The van der Waals surface area contributed by atoms with Crippen LogP contribution in [0.4, 0.5) is 5.13 Å². The van der Waals surface area contributed by atoms with Crippen LogP contribution in [-0.2, 0) is 4.79 Å². The highest BCUT2D eigenvalue weighted by molar-refractivity contribution is 7.13. The van der Waals surface area contributed by atoms with E-state index < -0.39 is 12.0 Å². The number of carboxylic acid groups (broad SMARTS) is 1. The molecule has 4 rings (SSSR count). The van der Waals surface area contributed by atoms with Crippen molar-refractivity contribution in [1.82, 2.24) is 4.98 Å². The SMILES string of the molecule is NC(C(=O)O)c1csc(NC2C3C4CCC(C4)C23)n1. The third-order valence-electron chi connectivity index (χ3n) is 5.13. The number of fused-ring (bicyclic) bond motifs is 5. The molecular formula is C13H17N3O2S. The fraction of sp³-hybridized carbons (Fsp3) is 0.692. The second-order valence-corrected chi connectivity index (χ2v) is 6.91. The summed E-state index contributed by atoms with van der Waals surface area (Å²) in [6.45, 7) is 0. The number of rotatable bonds is 4. The smallest absolute Gasteiger partial charge is 0.326 e. The van der Waals surface area contributed by atoms with E-state index in [9.17, 15) is 4.79 Å². The average Bonchev–Trinajstić information content (AvgIpc) is 2.81. The molecule has 0 saturated heterocycles. The second-order valence-electron chi connectivity index (χ2n) is 6.05. The van der Waals surface area contributed by atoms with Crippen molar-refractivity contribution in [2.75, 3.05) is 5.32 Å². The first kappa shape index (κ1) is 11.7. The molecule has 6 heteroatoms. The Balaban J connectivity index is 1.44. The number of hydrogen-bond donors (Lipinski definition) is 3. The van der Waals surface area contributed by atoms with E-state index in [4.69, 9.17) is 10.8 Å². The molecule has 5 unspecified atom stereocenters. The van der Waals surface area contributed by atoms with Crippen molar-refractivity contribution >= 4 is 22.4 Å². The van der Waals surface area contributed by atoms with Crippen LogP contribution in [0.15, 0.2) is 5.38 Å². The summed E-state index contributed by atoms with van der Waals surface area (Å²) in [6, 6.07) is -0.437. The monoisotopic (exact) mass is 279 g/mol. The first-order valence-electron chi connectivity index (χ1n) is 6.85. The molecule has 0 aromatic carbocycles. The Morgan fingerprint density at radius 2 is 2.16 bits per heavy atom. The highest BCUT2D eigenvalue weighted by Crippen LogP contribution is 2.66. The Morgan fingerprint density at radius 3 is 2.79 bits per heavy atom. The molecule has 1 aromatic heterocycles.